The van der Waals surface area contributed by atoms with Crippen molar-refractivity contribution in [1.29, 1.82) is 0 Å². The second kappa shape index (κ2) is 5.24. The van der Waals surface area contributed by atoms with Crippen LogP contribution in [0.1, 0.15) is 11.1 Å². The monoisotopic (exact) mass is 311 g/mol. The molecule has 3 rings (SSSR count). The van der Waals surface area contributed by atoms with Crippen LogP contribution in [0.15, 0.2) is 36.4 Å². The smallest absolute Gasteiger partial charge is 0.0722 e. The van der Waals surface area contributed by atoms with Crippen molar-refractivity contribution in [1.82, 2.24) is 0 Å². The van der Waals surface area contributed by atoms with Crippen LogP contribution in [-0.4, -0.2) is 6.04 Å². The first kappa shape index (κ1) is 13.1. The largest absolute Gasteiger partial charge is 0.379 e. The minimum absolute atomic E-state index is 0.327. The molecule has 1 N–H and O–H groups in total. The van der Waals surface area contributed by atoms with E-state index in [0.717, 1.165) is 18.5 Å². The summed E-state index contributed by atoms with van der Waals surface area (Å²) in [6.07, 6.45) is 1.98. The maximum absolute atomic E-state index is 6.19. The fourth-order valence-electron chi connectivity index (χ4n) is 2.55. The number of halogens is 3. The molecule has 2 aromatic rings. The Bertz CT molecular complexity index is 577. The molecule has 4 heteroatoms. The summed E-state index contributed by atoms with van der Waals surface area (Å²) < 4.78 is 0. The van der Waals surface area contributed by atoms with E-state index in [-0.39, 0.29) is 0 Å². The van der Waals surface area contributed by atoms with Crippen molar-refractivity contribution in [3.63, 3.8) is 0 Å². The molecular weight excluding hydrogens is 301 g/mol. The van der Waals surface area contributed by atoms with Crippen LogP contribution in [0.3, 0.4) is 0 Å². The predicted octanol–water partition coefficient (Wildman–Crippen LogP) is 5.23. The van der Waals surface area contributed by atoms with E-state index in [2.05, 4.69) is 29.6 Å². The molecule has 0 heterocycles. The average molecular weight is 313 g/mol. The summed E-state index contributed by atoms with van der Waals surface area (Å²) in [5, 5.41) is 5.11. The quantitative estimate of drug-likeness (QED) is 0.801. The van der Waals surface area contributed by atoms with Gasteiger partial charge in [0.05, 0.1) is 15.7 Å². The van der Waals surface area contributed by atoms with Gasteiger partial charge in [-0.2, -0.15) is 0 Å². The van der Waals surface area contributed by atoms with Gasteiger partial charge in [0, 0.05) is 11.1 Å². The molecule has 0 unspecified atom stereocenters. The summed E-state index contributed by atoms with van der Waals surface area (Å²) in [6.45, 7) is 0. The Morgan fingerprint density at radius 3 is 1.95 bits per heavy atom. The zero-order valence-electron chi connectivity index (χ0n) is 10.1. The van der Waals surface area contributed by atoms with Crippen molar-refractivity contribution in [2.75, 3.05) is 5.32 Å². The maximum Gasteiger partial charge on any atom is 0.0722 e. The number of benzene rings is 2. The van der Waals surface area contributed by atoms with Crippen molar-refractivity contribution >= 4 is 40.5 Å². The molecular formula is C15H12Cl3N. The molecule has 0 atom stereocenters. The number of hydrogen-bond acceptors (Lipinski definition) is 1. The summed E-state index contributed by atoms with van der Waals surface area (Å²) in [5.41, 5.74) is 3.55. The molecule has 1 nitrogen and oxygen atoms in total. The zero-order chi connectivity index (χ0) is 13.4. The third-order valence-electron chi connectivity index (χ3n) is 3.41. The van der Waals surface area contributed by atoms with Gasteiger partial charge in [0.1, 0.15) is 0 Å². The van der Waals surface area contributed by atoms with Gasteiger partial charge in [-0.15, -0.1) is 0 Å². The van der Waals surface area contributed by atoms with E-state index in [9.17, 15) is 0 Å². The molecule has 98 valence electrons. The van der Waals surface area contributed by atoms with Crippen molar-refractivity contribution in [2.24, 2.45) is 0 Å². The van der Waals surface area contributed by atoms with Gasteiger partial charge in [-0.3, -0.25) is 0 Å². The van der Waals surface area contributed by atoms with Crippen LogP contribution in [0.5, 0.6) is 0 Å². The second-order valence-corrected chi connectivity index (χ2v) is 6.01. The molecule has 0 spiro atoms. The van der Waals surface area contributed by atoms with Crippen LogP contribution in [0, 0.1) is 0 Å². The molecule has 0 aliphatic heterocycles. The minimum atomic E-state index is 0.327. The fraction of sp³-hybridized carbons (Fsp3) is 0.200. The van der Waals surface area contributed by atoms with Gasteiger partial charge in [0.15, 0.2) is 0 Å². The average Bonchev–Trinajstić information content (AvgIpc) is 2.76. The van der Waals surface area contributed by atoms with Crippen molar-refractivity contribution in [2.45, 2.75) is 18.9 Å². The van der Waals surface area contributed by atoms with Gasteiger partial charge < -0.3 is 5.32 Å². The molecule has 0 saturated carbocycles. The lowest BCUT2D eigenvalue weighted by Crippen LogP contribution is -2.19. The van der Waals surface area contributed by atoms with Gasteiger partial charge in [-0.25, -0.2) is 0 Å². The minimum Gasteiger partial charge on any atom is -0.379 e. The first-order chi connectivity index (χ1) is 9.13. The topological polar surface area (TPSA) is 12.0 Å². The molecule has 0 bridgehead atoms. The molecule has 1 aliphatic rings. The Morgan fingerprint density at radius 2 is 1.42 bits per heavy atom. The van der Waals surface area contributed by atoms with Crippen LogP contribution in [0.2, 0.25) is 15.1 Å². The Kier molecular flexibility index (Phi) is 3.62. The van der Waals surface area contributed by atoms with E-state index in [1.54, 1.807) is 12.1 Å². The first-order valence-corrected chi connectivity index (χ1v) is 7.25. The van der Waals surface area contributed by atoms with Gasteiger partial charge in [0.2, 0.25) is 0 Å². The van der Waals surface area contributed by atoms with Crippen LogP contribution in [-0.2, 0) is 12.8 Å². The number of nitrogens with one attached hydrogen (secondary N) is 1. The number of anilines is 1. The summed E-state index contributed by atoms with van der Waals surface area (Å²) in [7, 11) is 0. The molecule has 0 aromatic heterocycles. The third kappa shape index (κ3) is 2.69. The molecule has 0 saturated heterocycles. The van der Waals surface area contributed by atoms with Crippen LogP contribution in [0.25, 0.3) is 0 Å². The van der Waals surface area contributed by atoms with Crippen molar-refractivity contribution in [3.8, 4) is 0 Å². The maximum atomic E-state index is 6.19. The second-order valence-electron chi connectivity index (χ2n) is 4.76. The Morgan fingerprint density at radius 1 is 0.895 bits per heavy atom. The van der Waals surface area contributed by atoms with E-state index in [0.29, 0.717) is 21.1 Å². The van der Waals surface area contributed by atoms with Crippen LogP contribution >= 0.6 is 34.8 Å². The summed E-state index contributed by atoms with van der Waals surface area (Å²) in [6, 6.07) is 12.2. The van der Waals surface area contributed by atoms with Crippen molar-refractivity contribution < 1.29 is 0 Å². The lowest BCUT2D eigenvalue weighted by molar-refractivity contribution is 0.774. The molecule has 1 aliphatic carbocycles. The molecule has 0 fully saturated rings. The normalized spacial score (nSPS) is 14.5. The highest BCUT2D eigenvalue weighted by Crippen LogP contribution is 2.35. The SMILES string of the molecule is Clc1cc(Cl)c(NC2Cc3ccccc3C2)c(Cl)c1. The Balaban J connectivity index is 1.82. The van der Waals surface area contributed by atoms with Crippen LogP contribution < -0.4 is 5.32 Å². The number of rotatable bonds is 2. The van der Waals surface area contributed by atoms with E-state index >= 15 is 0 Å². The first-order valence-electron chi connectivity index (χ1n) is 6.11. The zero-order valence-corrected chi connectivity index (χ0v) is 12.4. The molecule has 0 radical (unpaired) electrons. The van der Waals surface area contributed by atoms with Gasteiger partial charge >= 0.3 is 0 Å². The van der Waals surface area contributed by atoms with Crippen LogP contribution in [0.4, 0.5) is 5.69 Å². The Hall–Kier alpha value is -0.890. The predicted molar refractivity (Wildman–Crippen MR) is 82.7 cm³/mol. The summed E-state index contributed by atoms with van der Waals surface area (Å²) in [4.78, 5) is 0. The standard InChI is InChI=1S/C15H12Cl3N/c16-11-7-13(17)15(14(18)8-11)19-12-5-9-3-1-2-4-10(9)6-12/h1-4,7-8,12,19H,5-6H2. The molecule has 2 aromatic carbocycles. The highest BCUT2D eigenvalue weighted by Gasteiger charge is 2.22. The number of fused-ring (bicyclic) bond motifs is 1. The lowest BCUT2D eigenvalue weighted by atomic mass is 10.1. The summed E-state index contributed by atoms with van der Waals surface area (Å²) >= 11 is 18.3. The van der Waals surface area contributed by atoms with E-state index in [1.807, 2.05) is 0 Å². The highest BCUT2D eigenvalue weighted by atomic mass is 35.5. The van der Waals surface area contributed by atoms with E-state index < -0.39 is 0 Å². The lowest BCUT2D eigenvalue weighted by Gasteiger charge is -2.16. The van der Waals surface area contributed by atoms with Gasteiger partial charge in [-0.05, 0) is 36.1 Å². The van der Waals surface area contributed by atoms with E-state index in [1.165, 1.54) is 11.1 Å². The third-order valence-corrected chi connectivity index (χ3v) is 4.22. The molecule has 19 heavy (non-hydrogen) atoms. The number of hydrogen-bond donors (Lipinski definition) is 1. The van der Waals surface area contributed by atoms with Gasteiger partial charge in [-0.1, -0.05) is 59.1 Å². The fourth-order valence-corrected chi connectivity index (χ4v) is 3.47. The van der Waals surface area contributed by atoms with Gasteiger partial charge in [0.25, 0.3) is 0 Å². The van der Waals surface area contributed by atoms with E-state index in [4.69, 9.17) is 34.8 Å². The van der Waals surface area contributed by atoms with Crippen molar-refractivity contribution in [3.05, 3.63) is 62.6 Å². The molecule has 0 amide bonds. The highest BCUT2D eigenvalue weighted by molar-refractivity contribution is 6.41. The summed E-state index contributed by atoms with van der Waals surface area (Å²) in [5.74, 6) is 0. The Labute approximate surface area is 127 Å².